The van der Waals surface area contributed by atoms with Gasteiger partial charge in [-0.3, -0.25) is 9.59 Å². The van der Waals surface area contributed by atoms with Crippen LogP contribution in [-0.2, 0) is 9.59 Å². The molecule has 0 aromatic heterocycles. The van der Waals surface area contributed by atoms with Crippen LogP contribution in [0.3, 0.4) is 0 Å². The molecule has 2 aromatic rings. The molecule has 0 saturated heterocycles. The van der Waals surface area contributed by atoms with Crippen molar-refractivity contribution in [2.45, 2.75) is 36.8 Å². The summed E-state index contributed by atoms with van der Waals surface area (Å²) in [6.45, 7) is 0.0375. The first-order valence-corrected chi connectivity index (χ1v) is 10.6. The zero-order valence-corrected chi connectivity index (χ0v) is 18.1. The average Bonchev–Trinajstić information content (AvgIpc) is 2.66. The normalized spacial score (nSPS) is 23.2. The molecule has 6 nitrogen and oxygen atoms in total. The minimum absolute atomic E-state index is 0.00552. The molecule has 2 N–H and O–H groups in total. The fraction of sp³-hybridized carbons (Fsp3) is 0.364. The summed E-state index contributed by atoms with van der Waals surface area (Å²) in [5, 5.41) is 6.56. The van der Waals surface area contributed by atoms with Crippen molar-refractivity contribution in [1.29, 1.82) is 0 Å². The molecule has 0 unspecified atom stereocenters. The third-order valence-electron chi connectivity index (χ3n) is 5.49. The van der Waals surface area contributed by atoms with Gasteiger partial charge in [0.2, 0.25) is 5.91 Å². The average molecular weight is 467 g/mol. The van der Waals surface area contributed by atoms with Crippen molar-refractivity contribution in [3.8, 4) is 11.5 Å². The molecule has 3 aliphatic carbocycles. The highest BCUT2D eigenvalue weighted by Gasteiger charge is 2.69. The van der Waals surface area contributed by atoms with Crippen molar-refractivity contribution in [2.24, 2.45) is 0 Å². The van der Waals surface area contributed by atoms with E-state index in [9.17, 15) is 14.0 Å². The molecule has 0 radical (unpaired) electrons. The van der Waals surface area contributed by atoms with Crippen molar-refractivity contribution < 1.29 is 23.5 Å². The van der Waals surface area contributed by atoms with E-state index >= 15 is 0 Å². The standard InChI is InChI=1S/C22H21Cl2FN2O4/c23-14-2-1-3-15(8-14)30-7-6-19(28)26-21-11-22(12-21,13-21)27-20(29)10-31-16-4-5-17(24)18(25)9-16/h1-5,8-9H,6-7,10-13H2,(H,26,28)(H,27,29). The van der Waals surface area contributed by atoms with Crippen molar-refractivity contribution in [3.05, 3.63) is 58.3 Å². The van der Waals surface area contributed by atoms with Crippen LogP contribution in [0.4, 0.5) is 4.39 Å². The Morgan fingerprint density at radius 1 is 0.935 bits per heavy atom. The lowest BCUT2D eigenvalue weighted by Crippen LogP contribution is -2.84. The minimum Gasteiger partial charge on any atom is -0.493 e. The van der Waals surface area contributed by atoms with Gasteiger partial charge in [-0.2, -0.15) is 0 Å². The van der Waals surface area contributed by atoms with E-state index in [0.717, 1.165) is 6.07 Å². The number of hydrogen-bond acceptors (Lipinski definition) is 4. The second kappa shape index (κ2) is 8.55. The zero-order chi connectivity index (χ0) is 22.1. The van der Waals surface area contributed by atoms with Gasteiger partial charge in [0.05, 0.1) is 18.1 Å². The van der Waals surface area contributed by atoms with Crippen molar-refractivity contribution in [2.75, 3.05) is 13.2 Å². The largest absolute Gasteiger partial charge is 0.493 e. The SMILES string of the molecule is O=C(CCOc1cccc(Cl)c1)NC12CC(NC(=O)COc3ccc(Cl)c(F)c3)(C1)C2. The van der Waals surface area contributed by atoms with Crippen molar-refractivity contribution in [3.63, 3.8) is 0 Å². The van der Waals surface area contributed by atoms with Crippen LogP contribution < -0.4 is 20.1 Å². The van der Waals surface area contributed by atoms with Gasteiger partial charge in [0.1, 0.15) is 17.3 Å². The summed E-state index contributed by atoms with van der Waals surface area (Å²) in [4.78, 5) is 24.4. The van der Waals surface area contributed by atoms with Crippen LogP contribution in [0.2, 0.25) is 10.0 Å². The Morgan fingerprint density at radius 2 is 1.61 bits per heavy atom. The van der Waals surface area contributed by atoms with E-state index in [0.29, 0.717) is 30.0 Å². The maximum absolute atomic E-state index is 13.4. The van der Waals surface area contributed by atoms with Gasteiger partial charge in [0.15, 0.2) is 6.61 Å². The quantitative estimate of drug-likeness (QED) is 0.587. The molecule has 0 spiro atoms. The van der Waals surface area contributed by atoms with E-state index in [1.54, 1.807) is 24.3 Å². The highest BCUT2D eigenvalue weighted by Crippen LogP contribution is 2.60. The first-order chi connectivity index (χ1) is 14.8. The van der Waals surface area contributed by atoms with Gasteiger partial charge < -0.3 is 20.1 Å². The molecule has 164 valence electrons. The number of nitrogens with one attached hydrogen (secondary N) is 2. The molecule has 2 aromatic carbocycles. The van der Waals surface area contributed by atoms with Crippen LogP contribution in [-0.4, -0.2) is 36.1 Å². The van der Waals surface area contributed by atoms with E-state index in [-0.39, 0.29) is 53.3 Å². The predicted molar refractivity (Wildman–Crippen MR) is 114 cm³/mol. The first kappa shape index (κ1) is 21.7. The van der Waals surface area contributed by atoms with Gasteiger partial charge in [-0.25, -0.2) is 4.39 Å². The predicted octanol–water partition coefficient (Wildman–Crippen LogP) is 3.89. The molecule has 5 rings (SSSR count). The van der Waals surface area contributed by atoms with E-state index in [1.807, 2.05) is 0 Å². The number of halogens is 3. The lowest BCUT2D eigenvalue weighted by molar-refractivity contribution is -0.150. The third kappa shape index (κ3) is 5.05. The van der Waals surface area contributed by atoms with E-state index in [1.165, 1.54) is 12.1 Å². The van der Waals surface area contributed by atoms with Crippen molar-refractivity contribution in [1.82, 2.24) is 10.6 Å². The molecular formula is C22H21Cl2FN2O4. The molecule has 0 heterocycles. The maximum Gasteiger partial charge on any atom is 0.258 e. The molecule has 3 saturated carbocycles. The Bertz CT molecular complexity index is 997. The monoisotopic (exact) mass is 466 g/mol. The number of hydrogen-bond donors (Lipinski definition) is 2. The molecule has 2 bridgehead atoms. The Labute approximate surface area is 189 Å². The van der Waals surface area contributed by atoms with Gasteiger partial charge in [0, 0.05) is 22.2 Å². The summed E-state index contributed by atoms with van der Waals surface area (Å²) in [5.41, 5.74) is -0.545. The van der Waals surface area contributed by atoms with Crippen LogP contribution in [0, 0.1) is 5.82 Å². The molecule has 2 amide bonds. The molecule has 3 fully saturated rings. The molecule has 31 heavy (non-hydrogen) atoms. The second-order valence-electron chi connectivity index (χ2n) is 8.11. The smallest absolute Gasteiger partial charge is 0.258 e. The lowest BCUT2D eigenvalue weighted by Gasteiger charge is -2.70. The number of rotatable bonds is 9. The Kier molecular flexibility index (Phi) is 5.99. The van der Waals surface area contributed by atoms with E-state index in [4.69, 9.17) is 32.7 Å². The molecule has 0 aliphatic heterocycles. The van der Waals surface area contributed by atoms with Gasteiger partial charge in [-0.05, 0) is 49.6 Å². The van der Waals surface area contributed by atoms with Gasteiger partial charge in [0.25, 0.3) is 5.91 Å². The van der Waals surface area contributed by atoms with Crippen LogP contribution >= 0.6 is 23.2 Å². The van der Waals surface area contributed by atoms with Crippen LogP contribution in [0.15, 0.2) is 42.5 Å². The number of carbonyl (C=O) groups excluding carboxylic acids is 2. The highest BCUT2D eigenvalue weighted by atomic mass is 35.5. The molecule has 0 atom stereocenters. The first-order valence-electron chi connectivity index (χ1n) is 9.85. The Balaban J connectivity index is 1.14. The fourth-order valence-corrected chi connectivity index (χ4v) is 4.57. The summed E-state index contributed by atoms with van der Waals surface area (Å²) in [7, 11) is 0. The van der Waals surface area contributed by atoms with Crippen LogP contribution in [0.1, 0.15) is 25.7 Å². The Morgan fingerprint density at radius 3 is 2.29 bits per heavy atom. The van der Waals surface area contributed by atoms with Gasteiger partial charge in [-0.1, -0.05) is 29.3 Å². The maximum atomic E-state index is 13.4. The summed E-state index contributed by atoms with van der Waals surface area (Å²) in [6, 6.07) is 11.0. The van der Waals surface area contributed by atoms with E-state index < -0.39 is 5.82 Å². The number of amides is 2. The van der Waals surface area contributed by atoms with E-state index in [2.05, 4.69) is 10.6 Å². The lowest BCUT2D eigenvalue weighted by atomic mass is 9.44. The molecular weight excluding hydrogens is 446 g/mol. The third-order valence-corrected chi connectivity index (χ3v) is 6.04. The van der Waals surface area contributed by atoms with Crippen LogP contribution in [0.25, 0.3) is 0 Å². The minimum atomic E-state index is -0.602. The zero-order valence-electron chi connectivity index (χ0n) is 16.6. The number of ether oxygens (including phenoxy) is 2. The summed E-state index contributed by atoms with van der Waals surface area (Å²) in [5.74, 6) is -0.122. The highest BCUT2D eigenvalue weighted by molar-refractivity contribution is 6.31. The summed E-state index contributed by atoms with van der Waals surface area (Å²) in [6.07, 6.45) is 2.28. The number of benzene rings is 2. The van der Waals surface area contributed by atoms with Gasteiger partial charge >= 0.3 is 0 Å². The van der Waals surface area contributed by atoms with Gasteiger partial charge in [-0.15, -0.1) is 0 Å². The topological polar surface area (TPSA) is 76.7 Å². The Hall–Kier alpha value is -2.51. The second-order valence-corrected chi connectivity index (χ2v) is 8.95. The molecule has 9 heteroatoms. The summed E-state index contributed by atoms with van der Waals surface area (Å²) < 4.78 is 24.3. The number of carbonyl (C=O) groups is 2. The molecule has 3 aliphatic rings. The van der Waals surface area contributed by atoms with Crippen LogP contribution in [0.5, 0.6) is 11.5 Å². The summed E-state index contributed by atoms with van der Waals surface area (Å²) >= 11 is 11.5. The fourth-order valence-electron chi connectivity index (χ4n) is 4.28. The van der Waals surface area contributed by atoms with Crippen molar-refractivity contribution >= 4 is 35.0 Å².